The van der Waals surface area contributed by atoms with Crippen molar-refractivity contribution >= 4 is 0 Å². The lowest BCUT2D eigenvalue weighted by atomic mass is 9.91. The third kappa shape index (κ3) is 1.93. The number of hydrogen-bond donors (Lipinski definition) is 0. The van der Waals surface area contributed by atoms with Gasteiger partial charge in [-0.3, -0.25) is 0 Å². The van der Waals surface area contributed by atoms with Gasteiger partial charge in [0, 0.05) is 25.6 Å². The van der Waals surface area contributed by atoms with E-state index in [-0.39, 0.29) is 5.41 Å². The maximum absolute atomic E-state index is 5.61. The first-order chi connectivity index (χ1) is 6.68. The van der Waals surface area contributed by atoms with E-state index in [2.05, 4.69) is 6.92 Å². The van der Waals surface area contributed by atoms with Gasteiger partial charge in [-0.1, -0.05) is 6.92 Å². The summed E-state index contributed by atoms with van der Waals surface area (Å²) in [7, 11) is 1.69. The summed E-state index contributed by atoms with van der Waals surface area (Å²) in [6.07, 6.45) is 1.64. The van der Waals surface area contributed by atoms with Crippen LogP contribution in [0.3, 0.4) is 0 Å². The van der Waals surface area contributed by atoms with E-state index in [1.165, 1.54) is 0 Å². The summed E-state index contributed by atoms with van der Waals surface area (Å²) in [5, 5.41) is 0. The van der Waals surface area contributed by atoms with Gasteiger partial charge < -0.3 is 18.9 Å². The van der Waals surface area contributed by atoms with Crippen molar-refractivity contribution in [2.24, 2.45) is 5.41 Å². The van der Waals surface area contributed by atoms with Crippen LogP contribution in [-0.2, 0) is 18.9 Å². The first kappa shape index (κ1) is 10.4. The van der Waals surface area contributed by atoms with Gasteiger partial charge in [0.05, 0.1) is 19.8 Å². The van der Waals surface area contributed by atoms with E-state index in [0.29, 0.717) is 0 Å². The zero-order chi connectivity index (χ0) is 10.1. The zero-order valence-corrected chi connectivity index (χ0v) is 8.88. The van der Waals surface area contributed by atoms with E-state index in [9.17, 15) is 0 Å². The molecule has 3 rings (SSSR count). The zero-order valence-electron chi connectivity index (χ0n) is 8.88. The minimum absolute atomic E-state index is 0.0585. The second kappa shape index (κ2) is 3.77. The van der Waals surface area contributed by atoms with E-state index < -0.39 is 5.97 Å². The smallest absolute Gasteiger partial charge is 0.283 e. The highest BCUT2D eigenvalue weighted by Gasteiger charge is 2.49. The molecular formula is C10H18O4. The van der Waals surface area contributed by atoms with Crippen LogP contribution in [0.1, 0.15) is 19.8 Å². The summed E-state index contributed by atoms with van der Waals surface area (Å²) in [5.74, 6) is -0.768. The third-order valence-corrected chi connectivity index (χ3v) is 2.75. The maximum atomic E-state index is 5.61. The number of fused-ring (bicyclic) bond motifs is 3. The maximum Gasteiger partial charge on any atom is 0.283 e. The molecule has 3 saturated heterocycles. The minimum Gasteiger partial charge on any atom is -0.385 e. The van der Waals surface area contributed by atoms with Gasteiger partial charge in [0.15, 0.2) is 0 Å². The minimum atomic E-state index is -0.768. The van der Waals surface area contributed by atoms with Crippen molar-refractivity contribution in [1.29, 1.82) is 0 Å². The van der Waals surface area contributed by atoms with Crippen LogP contribution in [0.4, 0.5) is 0 Å². The Balaban J connectivity index is 1.85. The predicted octanol–water partition coefficient (Wildman–Crippen LogP) is 1.15. The molecule has 3 heterocycles. The second-order valence-corrected chi connectivity index (χ2v) is 4.46. The predicted molar refractivity (Wildman–Crippen MR) is 49.8 cm³/mol. The molecule has 0 spiro atoms. The Morgan fingerprint density at radius 1 is 1.14 bits per heavy atom. The number of hydrogen-bond acceptors (Lipinski definition) is 4. The molecule has 0 aromatic carbocycles. The number of rotatable bonds is 4. The van der Waals surface area contributed by atoms with E-state index in [4.69, 9.17) is 18.9 Å². The molecular weight excluding hydrogens is 184 g/mol. The molecule has 82 valence electrons. The molecule has 14 heavy (non-hydrogen) atoms. The highest BCUT2D eigenvalue weighted by molar-refractivity contribution is 4.84. The van der Waals surface area contributed by atoms with Crippen molar-refractivity contribution in [2.75, 3.05) is 33.5 Å². The summed E-state index contributed by atoms with van der Waals surface area (Å²) in [6.45, 7) is 5.04. The summed E-state index contributed by atoms with van der Waals surface area (Å²) >= 11 is 0. The molecule has 3 fully saturated rings. The monoisotopic (exact) mass is 202 g/mol. The molecule has 2 bridgehead atoms. The fraction of sp³-hybridized carbons (Fsp3) is 1.00. The van der Waals surface area contributed by atoms with Crippen molar-refractivity contribution in [3.8, 4) is 0 Å². The second-order valence-electron chi connectivity index (χ2n) is 4.46. The van der Waals surface area contributed by atoms with E-state index in [1.54, 1.807) is 7.11 Å². The molecule has 3 aliphatic heterocycles. The molecule has 0 aliphatic carbocycles. The SMILES string of the molecule is COCCCC12OCC(C)(CO1)CO2. The molecule has 0 atom stereocenters. The first-order valence-corrected chi connectivity index (χ1v) is 5.09. The van der Waals surface area contributed by atoms with Crippen LogP contribution in [0.25, 0.3) is 0 Å². The van der Waals surface area contributed by atoms with Gasteiger partial charge in [-0.25, -0.2) is 0 Å². The normalized spacial score (nSPS) is 41.6. The molecule has 0 unspecified atom stereocenters. The Hall–Kier alpha value is -0.160. The van der Waals surface area contributed by atoms with Gasteiger partial charge in [0.25, 0.3) is 5.97 Å². The standard InChI is InChI=1S/C10H18O4/c1-9-6-12-10(13-7-9,14-8-9)4-3-5-11-2/h3-8H2,1-2H3. The van der Waals surface area contributed by atoms with Crippen molar-refractivity contribution in [3.63, 3.8) is 0 Å². The van der Waals surface area contributed by atoms with Gasteiger partial charge in [0.2, 0.25) is 0 Å². The number of ether oxygens (including phenoxy) is 4. The van der Waals surface area contributed by atoms with Crippen LogP contribution in [-0.4, -0.2) is 39.5 Å². The molecule has 0 N–H and O–H groups in total. The van der Waals surface area contributed by atoms with Gasteiger partial charge >= 0.3 is 0 Å². The quantitative estimate of drug-likeness (QED) is 0.641. The van der Waals surface area contributed by atoms with Gasteiger partial charge in [0.1, 0.15) is 0 Å². The van der Waals surface area contributed by atoms with Crippen molar-refractivity contribution in [3.05, 3.63) is 0 Å². The molecule has 3 aliphatic rings. The lowest BCUT2D eigenvalue weighted by molar-refractivity contribution is -0.467. The summed E-state index contributed by atoms with van der Waals surface area (Å²) < 4.78 is 21.8. The molecule has 0 aromatic rings. The molecule has 0 radical (unpaired) electrons. The van der Waals surface area contributed by atoms with Crippen LogP contribution in [0, 0.1) is 5.41 Å². The van der Waals surface area contributed by atoms with Gasteiger partial charge in [-0.05, 0) is 6.42 Å². The Morgan fingerprint density at radius 2 is 1.71 bits per heavy atom. The topological polar surface area (TPSA) is 36.9 Å². The van der Waals surface area contributed by atoms with Crippen LogP contribution in [0.5, 0.6) is 0 Å². The molecule has 4 nitrogen and oxygen atoms in total. The van der Waals surface area contributed by atoms with Crippen molar-refractivity contribution < 1.29 is 18.9 Å². The summed E-state index contributed by atoms with van der Waals surface area (Å²) in [6, 6.07) is 0. The Labute approximate surface area is 84.5 Å². The number of methoxy groups -OCH3 is 1. The highest BCUT2D eigenvalue weighted by Crippen LogP contribution is 2.40. The average Bonchev–Trinajstić information content (AvgIpc) is 2.21. The fourth-order valence-electron chi connectivity index (χ4n) is 1.75. The molecule has 4 heteroatoms. The lowest BCUT2D eigenvalue weighted by Crippen LogP contribution is -2.58. The van der Waals surface area contributed by atoms with Gasteiger partial charge in [-0.15, -0.1) is 0 Å². The van der Waals surface area contributed by atoms with Gasteiger partial charge in [-0.2, -0.15) is 0 Å². The van der Waals surface area contributed by atoms with Crippen molar-refractivity contribution in [2.45, 2.75) is 25.7 Å². The third-order valence-electron chi connectivity index (χ3n) is 2.75. The Morgan fingerprint density at radius 3 is 2.21 bits per heavy atom. The van der Waals surface area contributed by atoms with Crippen LogP contribution in [0.2, 0.25) is 0 Å². The van der Waals surface area contributed by atoms with E-state index >= 15 is 0 Å². The summed E-state index contributed by atoms with van der Waals surface area (Å²) in [5.41, 5.74) is 0.0585. The van der Waals surface area contributed by atoms with E-state index in [0.717, 1.165) is 39.3 Å². The fourth-order valence-corrected chi connectivity index (χ4v) is 1.75. The van der Waals surface area contributed by atoms with Crippen molar-refractivity contribution in [1.82, 2.24) is 0 Å². The molecule has 0 saturated carbocycles. The first-order valence-electron chi connectivity index (χ1n) is 5.09. The summed E-state index contributed by atoms with van der Waals surface area (Å²) in [4.78, 5) is 0. The van der Waals surface area contributed by atoms with Crippen LogP contribution < -0.4 is 0 Å². The molecule has 0 aromatic heterocycles. The van der Waals surface area contributed by atoms with Crippen LogP contribution in [0.15, 0.2) is 0 Å². The van der Waals surface area contributed by atoms with E-state index in [1.807, 2.05) is 0 Å². The largest absolute Gasteiger partial charge is 0.385 e. The van der Waals surface area contributed by atoms with Crippen LogP contribution >= 0.6 is 0 Å². The lowest BCUT2D eigenvalue weighted by Gasteiger charge is -2.50. The Bertz CT molecular complexity index is 180. The molecule has 0 amide bonds. The Kier molecular flexibility index (Phi) is 2.79. The highest BCUT2D eigenvalue weighted by atomic mass is 16.9. The average molecular weight is 202 g/mol.